The van der Waals surface area contributed by atoms with Crippen LogP contribution in [0.25, 0.3) is 10.2 Å². The molecule has 2 aromatic heterocycles. The summed E-state index contributed by atoms with van der Waals surface area (Å²) >= 11 is 1.52. The van der Waals surface area contributed by atoms with Gasteiger partial charge in [0.1, 0.15) is 11.3 Å². The molecule has 5 nitrogen and oxygen atoms in total. The standard InChI is InChI=1S/C26H27N3O2S/c1-16-12-18(3)21(19(4)13-16)14-23(30)29(15-20-8-6-7-11-27-20)26-28-24-22(31-5)10-9-17(2)25(24)32-26/h6-13H,14-15H2,1-5H3. The van der Waals surface area contributed by atoms with E-state index in [1.165, 1.54) is 16.9 Å². The fourth-order valence-electron chi connectivity index (χ4n) is 4.03. The van der Waals surface area contributed by atoms with Crippen LogP contribution >= 0.6 is 11.3 Å². The first-order valence-electron chi connectivity index (χ1n) is 10.6. The number of anilines is 1. The van der Waals surface area contributed by atoms with Gasteiger partial charge < -0.3 is 4.74 Å². The largest absolute Gasteiger partial charge is 0.494 e. The second-order valence-corrected chi connectivity index (χ2v) is 9.09. The van der Waals surface area contributed by atoms with Gasteiger partial charge in [-0.15, -0.1) is 0 Å². The molecule has 32 heavy (non-hydrogen) atoms. The average molecular weight is 446 g/mol. The minimum absolute atomic E-state index is 0.00128. The third kappa shape index (κ3) is 4.36. The normalized spacial score (nSPS) is 11.0. The molecular weight excluding hydrogens is 418 g/mol. The van der Waals surface area contributed by atoms with Gasteiger partial charge in [-0.25, -0.2) is 4.98 Å². The fourth-order valence-corrected chi connectivity index (χ4v) is 5.10. The van der Waals surface area contributed by atoms with E-state index in [2.05, 4.69) is 37.9 Å². The molecule has 2 aromatic carbocycles. The molecule has 2 heterocycles. The van der Waals surface area contributed by atoms with Crippen molar-refractivity contribution in [2.45, 2.75) is 40.7 Å². The molecule has 0 N–H and O–H groups in total. The third-order valence-corrected chi connectivity index (χ3v) is 6.87. The highest BCUT2D eigenvalue weighted by molar-refractivity contribution is 7.22. The molecule has 0 radical (unpaired) electrons. The number of thiazole rings is 1. The highest BCUT2D eigenvalue weighted by atomic mass is 32.1. The Kier molecular flexibility index (Phi) is 6.24. The van der Waals surface area contributed by atoms with Gasteiger partial charge in [-0.05, 0) is 68.1 Å². The van der Waals surface area contributed by atoms with Crippen LogP contribution in [0.15, 0.2) is 48.7 Å². The minimum atomic E-state index is 0.00128. The number of nitrogens with zero attached hydrogens (tertiary/aromatic N) is 3. The van der Waals surface area contributed by atoms with Crippen molar-refractivity contribution in [3.63, 3.8) is 0 Å². The van der Waals surface area contributed by atoms with Crippen LogP contribution in [0.5, 0.6) is 5.75 Å². The molecule has 0 fully saturated rings. The second kappa shape index (κ2) is 9.09. The third-order valence-electron chi connectivity index (χ3n) is 5.66. The van der Waals surface area contributed by atoms with Crippen molar-refractivity contribution >= 4 is 32.6 Å². The maximum atomic E-state index is 13.7. The zero-order valence-electron chi connectivity index (χ0n) is 19.1. The topological polar surface area (TPSA) is 55.3 Å². The Morgan fingerprint density at radius 3 is 2.44 bits per heavy atom. The number of hydrogen-bond donors (Lipinski definition) is 0. The Morgan fingerprint density at radius 1 is 1.03 bits per heavy atom. The van der Waals surface area contributed by atoms with Crippen molar-refractivity contribution in [2.75, 3.05) is 12.0 Å². The lowest BCUT2D eigenvalue weighted by Gasteiger charge is -2.21. The second-order valence-electron chi connectivity index (χ2n) is 8.11. The zero-order chi connectivity index (χ0) is 22.8. The van der Waals surface area contributed by atoms with Crippen molar-refractivity contribution in [1.29, 1.82) is 0 Å². The number of hydrogen-bond acceptors (Lipinski definition) is 5. The molecule has 164 valence electrons. The number of methoxy groups -OCH3 is 1. The van der Waals surface area contributed by atoms with Gasteiger partial charge in [0, 0.05) is 6.20 Å². The number of rotatable bonds is 6. The number of aryl methyl sites for hydroxylation is 4. The molecule has 0 aliphatic heterocycles. The van der Waals surface area contributed by atoms with Crippen LogP contribution < -0.4 is 9.64 Å². The highest BCUT2D eigenvalue weighted by Crippen LogP contribution is 2.37. The molecule has 0 aliphatic rings. The fraction of sp³-hybridized carbons (Fsp3) is 0.269. The average Bonchev–Trinajstić information content (AvgIpc) is 3.21. The summed E-state index contributed by atoms with van der Waals surface area (Å²) in [5, 5.41) is 0.658. The molecule has 0 spiro atoms. The first-order valence-corrected chi connectivity index (χ1v) is 11.4. The number of fused-ring (bicyclic) bond motifs is 1. The Balaban J connectivity index is 1.77. The first-order chi connectivity index (χ1) is 15.4. The monoisotopic (exact) mass is 445 g/mol. The van der Waals surface area contributed by atoms with Crippen LogP contribution in [0.4, 0.5) is 5.13 Å². The number of benzene rings is 2. The maximum Gasteiger partial charge on any atom is 0.233 e. The highest BCUT2D eigenvalue weighted by Gasteiger charge is 2.23. The summed E-state index contributed by atoms with van der Waals surface area (Å²) in [6.07, 6.45) is 2.06. The van der Waals surface area contributed by atoms with Gasteiger partial charge in [-0.2, -0.15) is 0 Å². The van der Waals surface area contributed by atoms with E-state index in [1.54, 1.807) is 18.2 Å². The summed E-state index contributed by atoms with van der Waals surface area (Å²) in [5.41, 5.74) is 7.26. The van der Waals surface area contributed by atoms with Gasteiger partial charge in [-0.3, -0.25) is 14.7 Å². The van der Waals surface area contributed by atoms with Gasteiger partial charge in [0.05, 0.1) is 30.5 Å². The number of carbonyl (C=O) groups is 1. The lowest BCUT2D eigenvalue weighted by atomic mass is 9.97. The number of pyridine rings is 1. The van der Waals surface area contributed by atoms with Crippen molar-refractivity contribution in [3.8, 4) is 5.75 Å². The molecule has 4 aromatic rings. The molecule has 6 heteroatoms. The lowest BCUT2D eigenvalue weighted by Crippen LogP contribution is -2.32. The van der Waals surface area contributed by atoms with Crippen LogP contribution in [0.1, 0.15) is 33.5 Å². The van der Waals surface area contributed by atoms with Crippen molar-refractivity contribution < 1.29 is 9.53 Å². The van der Waals surface area contributed by atoms with E-state index in [-0.39, 0.29) is 5.91 Å². The van der Waals surface area contributed by atoms with Crippen LogP contribution in [0.3, 0.4) is 0 Å². The smallest absolute Gasteiger partial charge is 0.233 e. The predicted molar refractivity (Wildman–Crippen MR) is 131 cm³/mol. The quantitative estimate of drug-likeness (QED) is 0.381. The number of aromatic nitrogens is 2. The Hall–Kier alpha value is -3.25. The summed E-state index contributed by atoms with van der Waals surface area (Å²) < 4.78 is 6.55. The van der Waals surface area contributed by atoms with Crippen molar-refractivity contribution in [3.05, 3.63) is 82.2 Å². The van der Waals surface area contributed by atoms with Crippen LogP contribution in [0, 0.1) is 27.7 Å². The number of ether oxygens (including phenoxy) is 1. The van der Waals surface area contributed by atoms with Gasteiger partial charge in [0.25, 0.3) is 0 Å². The van der Waals surface area contributed by atoms with Gasteiger partial charge in [-0.1, -0.05) is 41.2 Å². The van der Waals surface area contributed by atoms with E-state index in [0.29, 0.717) is 23.8 Å². The van der Waals surface area contributed by atoms with Crippen molar-refractivity contribution in [1.82, 2.24) is 9.97 Å². The Morgan fingerprint density at radius 2 is 1.78 bits per heavy atom. The van der Waals surface area contributed by atoms with E-state index >= 15 is 0 Å². The molecule has 1 amide bonds. The Bertz CT molecular complexity index is 1260. The van der Waals surface area contributed by atoms with E-state index in [1.807, 2.05) is 37.3 Å². The summed E-state index contributed by atoms with van der Waals surface area (Å²) in [6.45, 7) is 8.63. The minimum Gasteiger partial charge on any atom is -0.494 e. The zero-order valence-corrected chi connectivity index (χ0v) is 19.9. The number of carbonyl (C=O) groups excluding carboxylic acids is 1. The van der Waals surface area contributed by atoms with E-state index < -0.39 is 0 Å². The van der Waals surface area contributed by atoms with E-state index in [9.17, 15) is 4.79 Å². The molecule has 0 aliphatic carbocycles. The summed E-state index contributed by atoms with van der Waals surface area (Å²) in [6, 6.07) is 13.9. The predicted octanol–water partition coefficient (Wildman–Crippen LogP) is 5.71. The van der Waals surface area contributed by atoms with Crippen LogP contribution in [-0.4, -0.2) is 23.0 Å². The molecule has 0 bridgehead atoms. The molecule has 0 atom stereocenters. The van der Waals surface area contributed by atoms with E-state index in [4.69, 9.17) is 9.72 Å². The maximum absolute atomic E-state index is 13.7. The molecule has 0 saturated carbocycles. The molecular formula is C26H27N3O2S. The first kappa shape index (κ1) is 22.0. The van der Waals surface area contributed by atoms with Gasteiger partial charge in [0.2, 0.25) is 5.91 Å². The molecule has 0 saturated heterocycles. The summed E-state index contributed by atoms with van der Waals surface area (Å²) in [7, 11) is 1.64. The van der Waals surface area contributed by atoms with E-state index in [0.717, 1.165) is 38.2 Å². The van der Waals surface area contributed by atoms with Crippen LogP contribution in [0.2, 0.25) is 0 Å². The lowest BCUT2D eigenvalue weighted by molar-refractivity contribution is -0.118. The summed E-state index contributed by atoms with van der Waals surface area (Å²) in [4.78, 5) is 24.7. The SMILES string of the molecule is COc1ccc(C)c2sc(N(Cc3ccccn3)C(=O)Cc3c(C)cc(C)cc3C)nc12. The van der Waals surface area contributed by atoms with Crippen molar-refractivity contribution in [2.24, 2.45) is 0 Å². The molecule has 4 rings (SSSR count). The van der Waals surface area contributed by atoms with Gasteiger partial charge in [0.15, 0.2) is 5.13 Å². The van der Waals surface area contributed by atoms with Crippen LogP contribution in [-0.2, 0) is 17.8 Å². The number of amides is 1. The Labute approximate surface area is 192 Å². The van der Waals surface area contributed by atoms with Gasteiger partial charge >= 0.3 is 0 Å². The summed E-state index contributed by atoms with van der Waals surface area (Å²) in [5.74, 6) is 0.713. The molecule has 0 unspecified atom stereocenters.